The number of hydrogen-bond donors (Lipinski definition) is 2. The molecule has 1 aliphatic rings. The van der Waals surface area contributed by atoms with Crippen LogP contribution in [0.2, 0.25) is 0 Å². The summed E-state index contributed by atoms with van der Waals surface area (Å²) in [5, 5.41) is 3.11. The van der Waals surface area contributed by atoms with Crippen molar-refractivity contribution in [3.63, 3.8) is 0 Å². The number of hydrogen-bond acceptors (Lipinski definition) is 10. The summed E-state index contributed by atoms with van der Waals surface area (Å²) in [7, 11) is 0. The van der Waals surface area contributed by atoms with Crippen molar-refractivity contribution < 1.29 is 42.8 Å². The first-order valence-corrected chi connectivity index (χ1v) is 12.1. The van der Waals surface area contributed by atoms with Gasteiger partial charge in [-0.25, -0.2) is 4.79 Å². The van der Waals surface area contributed by atoms with E-state index in [0.717, 1.165) is 25.7 Å². The number of nitrogens with one attached hydrogen (secondary N) is 1. The molecule has 11 heteroatoms. The fraction of sp³-hybridized carbons (Fsp3) is 0.864. The maximum absolute atomic E-state index is 11.7. The molecule has 192 valence electrons. The summed E-state index contributed by atoms with van der Waals surface area (Å²) in [6, 6.07) is 0. The number of thiol groups is 1. The van der Waals surface area contributed by atoms with Crippen LogP contribution in [-0.2, 0) is 38.0 Å². The number of ketones is 1. The van der Waals surface area contributed by atoms with Crippen LogP contribution in [0.1, 0.15) is 45.4 Å². The molecule has 1 aliphatic carbocycles. The van der Waals surface area contributed by atoms with E-state index in [1.807, 2.05) is 0 Å². The molecule has 0 spiro atoms. The number of rotatable bonds is 19. The number of Topliss-reactive ketones (excluding diaryl/α,β-unsaturated/α-hetero) is 1. The quantitative estimate of drug-likeness (QED) is 0.158. The lowest BCUT2D eigenvalue weighted by atomic mass is 9.97. The van der Waals surface area contributed by atoms with Gasteiger partial charge in [0.1, 0.15) is 18.5 Å². The molecule has 0 saturated heterocycles. The summed E-state index contributed by atoms with van der Waals surface area (Å²) in [4.78, 5) is 33.8. The van der Waals surface area contributed by atoms with Crippen LogP contribution >= 0.6 is 12.6 Å². The molecule has 1 N–H and O–H groups in total. The molecule has 0 radical (unpaired) electrons. The number of amides is 1. The summed E-state index contributed by atoms with van der Waals surface area (Å²) in [6.45, 7) is 5.21. The zero-order valence-electron chi connectivity index (χ0n) is 19.6. The molecule has 0 atom stereocenters. The Labute approximate surface area is 201 Å². The molecule has 0 aliphatic heterocycles. The minimum atomic E-state index is -0.399. The van der Waals surface area contributed by atoms with Gasteiger partial charge in [0.15, 0.2) is 0 Å². The second-order valence-corrected chi connectivity index (χ2v) is 8.36. The predicted octanol–water partition coefficient (Wildman–Crippen LogP) is 1.93. The first-order valence-electron chi connectivity index (χ1n) is 11.6. The molecule has 33 heavy (non-hydrogen) atoms. The van der Waals surface area contributed by atoms with Crippen molar-refractivity contribution in [1.29, 1.82) is 0 Å². The highest BCUT2D eigenvalue weighted by Gasteiger charge is 2.21. The van der Waals surface area contributed by atoms with Crippen LogP contribution < -0.4 is 5.32 Å². The van der Waals surface area contributed by atoms with Gasteiger partial charge in [0.2, 0.25) is 0 Å². The number of esters is 1. The molecule has 1 fully saturated rings. The summed E-state index contributed by atoms with van der Waals surface area (Å²) >= 11 is 4.43. The average Bonchev–Trinajstić information content (AvgIpc) is 2.79. The van der Waals surface area contributed by atoms with E-state index in [9.17, 15) is 14.4 Å². The van der Waals surface area contributed by atoms with E-state index in [1.165, 1.54) is 6.92 Å². The Bertz CT molecular complexity index is 542. The third-order valence-corrected chi connectivity index (χ3v) is 5.24. The third-order valence-electron chi connectivity index (χ3n) is 4.72. The van der Waals surface area contributed by atoms with Gasteiger partial charge >= 0.3 is 12.1 Å². The fourth-order valence-corrected chi connectivity index (χ4v) is 3.21. The van der Waals surface area contributed by atoms with Crippen molar-refractivity contribution in [2.24, 2.45) is 0 Å². The largest absolute Gasteiger partial charge is 0.463 e. The number of ether oxygens (including phenoxy) is 6. The minimum absolute atomic E-state index is 0.00876. The van der Waals surface area contributed by atoms with Crippen molar-refractivity contribution in [1.82, 2.24) is 5.32 Å². The highest BCUT2D eigenvalue weighted by Crippen LogP contribution is 2.24. The number of carbonyl (C=O) groups is 3. The van der Waals surface area contributed by atoms with Crippen molar-refractivity contribution >= 4 is 30.5 Å². The monoisotopic (exact) mass is 493 g/mol. The van der Waals surface area contributed by atoms with Crippen LogP contribution in [-0.4, -0.2) is 95.2 Å². The predicted molar refractivity (Wildman–Crippen MR) is 124 cm³/mol. The maximum Gasteiger partial charge on any atom is 0.407 e. The Morgan fingerprint density at radius 3 is 1.82 bits per heavy atom. The minimum Gasteiger partial charge on any atom is -0.463 e. The van der Waals surface area contributed by atoms with E-state index in [1.54, 1.807) is 0 Å². The fourth-order valence-electron chi connectivity index (χ4n) is 2.91. The topological polar surface area (TPSA) is 119 Å². The lowest BCUT2D eigenvalue weighted by Crippen LogP contribution is -2.33. The van der Waals surface area contributed by atoms with Gasteiger partial charge in [-0.3, -0.25) is 4.79 Å². The number of alkyl carbamates (subject to hydrolysis) is 1. The van der Waals surface area contributed by atoms with E-state index >= 15 is 0 Å². The maximum atomic E-state index is 11.7. The van der Waals surface area contributed by atoms with Gasteiger partial charge in [-0.05, 0) is 32.6 Å². The number of carbonyl (C=O) groups excluding carboxylic acids is 3. The van der Waals surface area contributed by atoms with Crippen molar-refractivity contribution in [2.75, 3.05) is 66.0 Å². The second kappa shape index (κ2) is 20.0. The van der Waals surface area contributed by atoms with Crippen LogP contribution in [0.5, 0.6) is 0 Å². The molecule has 0 unspecified atom stereocenters. The zero-order valence-corrected chi connectivity index (χ0v) is 20.5. The average molecular weight is 494 g/mol. The molecule has 0 heterocycles. The van der Waals surface area contributed by atoms with Gasteiger partial charge in [-0.1, -0.05) is 0 Å². The van der Waals surface area contributed by atoms with Gasteiger partial charge in [0, 0.05) is 18.2 Å². The highest BCUT2D eigenvalue weighted by atomic mass is 32.1. The first kappa shape index (κ1) is 29.6. The molecule has 1 rings (SSSR count). The third kappa shape index (κ3) is 18.7. The molecular weight excluding hydrogens is 454 g/mol. The molecular formula is C22H39NO9S. The van der Waals surface area contributed by atoms with E-state index < -0.39 is 12.1 Å². The summed E-state index contributed by atoms with van der Waals surface area (Å²) < 4.78 is 31.7. The van der Waals surface area contributed by atoms with Crippen molar-refractivity contribution in [2.45, 2.75) is 56.8 Å². The Balaban J connectivity index is 1.75. The summed E-state index contributed by atoms with van der Waals surface area (Å²) in [5.41, 5.74) is 0. The van der Waals surface area contributed by atoms with Gasteiger partial charge in [-0.2, -0.15) is 12.6 Å². The Morgan fingerprint density at radius 2 is 1.27 bits per heavy atom. The molecule has 0 bridgehead atoms. The van der Waals surface area contributed by atoms with Crippen LogP contribution in [0.4, 0.5) is 4.79 Å². The Kier molecular flexibility index (Phi) is 18.0. The van der Waals surface area contributed by atoms with E-state index in [4.69, 9.17) is 28.4 Å². The summed E-state index contributed by atoms with van der Waals surface area (Å²) in [5.74, 6) is -0.433. The SMILES string of the molecule is CC(=O)CCC(=O)OCCOCCOCCOCCOCCNC(=O)OC1CCC(S)CC1. The molecule has 1 amide bonds. The van der Waals surface area contributed by atoms with Gasteiger partial charge in [-0.15, -0.1) is 0 Å². The van der Waals surface area contributed by atoms with Crippen LogP contribution in [0.15, 0.2) is 0 Å². The van der Waals surface area contributed by atoms with Crippen LogP contribution in [0, 0.1) is 0 Å². The van der Waals surface area contributed by atoms with Crippen molar-refractivity contribution in [3.8, 4) is 0 Å². The first-order chi connectivity index (χ1) is 16.0. The lowest BCUT2D eigenvalue weighted by Gasteiger charge is -2.25. The van der Waals surface area contributed by atoms with Gasteiger partial charge in [0.25, 0.3) is 0 Å². The summed E-state index contributed by atoms with van der Waals surface area (Å²) in [6.07, 6.45) is 3.59. The molecule has 1 saturated carbocycles. The Hall–Kier alpha value is -1.40. The second-order valence-electron chi connectivity index (χ2n) is 7.63. The molecule has 0 aromatic rings. The molecule has 10 nitrogen and oxygen atoms in total. The van der Waals surface area contributed by atoms with Gasteiger partial charge < -0.3 is 38.5 Å². The van der Waals surface area contributed by atoms with Crippen LogP contribution in [0.25, 0.3) is 0 Å². The van der Waals surface area contributed by atoms with E-state index in [-0.39, 0.29) is 37.9 Å². The Morgan fingerprint density at radius 1 is 0.758 bits per heavy atom. The zero-order chi connectivity index (χ0) is 24.2. The molecule has 0 aromatic heterocycles. The smallest absolute Gasteiger partial charge is 0.407 e. The van der Waals surface area contributed by atoms with Crippen LogP contribution in [0.3, 0.4) is 0 Å². The highest BCUT2D eigenvalue weighted by molar-refractivity contribution is 7.80. The standard InChI is InChI=1S/C22H39NO9S/c1-18(24)2-7-21(25)31-17-16-30-15-14-29-13-12-28-11-10-27-9-8-23-22(26)32-19-3-5-20(33)6-4-19/h19-20,33H,2-17H2,1H3,(H,23,26). The van der Waals surface area contributed by atoms with Gasteiger partial charge in [0.05, 0.1) is 59.3 Å². The lowest BCUT2D eigenvalue weighted by molar-refractivity contribution is -0.146. The van der Waals surface area contributed by atoms with E-state index in [2.05, 4.69) is 17.9 Å². The van der Waals surface area contributed by atoms with Crippen molar-refractivity contribution in [3.05, 3.63) is 0 Å². The molecule has 0 aromatic carbocycles. The normalized spacial score (nSPS) is 18.0. The van der Waals surface area contributed by atoms with E-state index in [0.29, 0.717) is 58.0 Å².